The first-order chi connectivity index (χ1) is 18.6. The van der Waals surface area contributed by atoms with Crippen LogP contribution in [0.25, 0.3) is 0 Å². The average molecular weight is 534 g/mol. The van der Waals surface area contributed by atoms with E-state index in [0.717, 1.165) is 11.6 Å². The summed E-state index contributed by atoms with van der Waals surface area (Å²) < 4.78 is 42.5. The standard InChI is InChI=1S/C31H30F3N3O2/c1-31(2)16-25-29(27(38)17-31)30(22-12-11-21(33)15-23(22)34)37(26-6-4-3-5-24(26)36-25)18-28(39)35-14-13-19-7-9-20(32)10-8-19/h3-12,15,30,36H,13-14,16-18H2,1-2H3,(H,35,39). The van der Waals surface area contributed by atoms with Gasteiger partial charge in [-0.3, -0.25) is 9.59 Å². The van der Waals surface area contributed by atoms with Gasteiger partial charge in [0.25, 0.3) is 0 Å². The number of ketones is 1. The maximum atomic E-state index is 15.4. The number of hydrogen-bond acceptors (Lipinski definition) is 4. The van der Waals surface area contributed by atoms with Gasteiger partial charge in [0.2, 0.25) is 5.91 Å². The van der Waals surface area contributed by atoms with Crippen LogP contribution in [-0.2, 0) is 16.0 Å². The smallest absolute Gasteiger partial charge is 0.239 e. The number of allylic oxidation sites excluding steroid dienone is 1. The lowest BCUT2D eigenvalue weighted by molar-refractivity contribution is -0.120. The van der Waals surface area contributed by atoms with Gasteiger partial charge in [0.05, 0.1) is 24.0 Å². The van der Waals surface area contributed by atoms with Gasteiger partial charge in [-0.05, 0) is 54.2 Å². The van der Waals surface area contributed by atoms with Gasteiger partial charge in [-0.2, -0.15) is 0 Å². The third kappa shape index (κ3) is 5.70. The molecule has 1 atom stereocenters. The lowest BCUT2D eigenvalue weighted by atomic mass is 9.73. The zero-order valence-electron chi connectivity index (χ0n) is 21.9. The summed E-state index contributed by atoms with van der Waals surface area (Å²) >= 11 is 0. The number of amides is 1. The molecule has 0 aromatic heterocycles. The van der Waals surface area contributed by atoms with E-state index in [1.807, 2.05) is 38.1 Å². The molecular formula is C31H30F3N3O2. The SMILES string of the molecule is CC1(C)CC(=O)C2=C(C1)Nc1ccccc1N(CC(=O)NCCc1ccc(F)cc1)C2c1ccc(F)cc1F. The molecule has 0 saturated carbocycles. The predicted octanol–water partition coefficient (Wildman–Crippen LogP) is 6.08. The molecule has 0 fully saturated rings. The number of benzene rings is 3. The lowest BCUT2D eigenvalue weighted by Crippen LogP contribution is -2.42. The average Bonchev–Trinajstić information content (AvgIpc) is 2.99. The molecule has 8 heteroatoms. The van der Waals surface area contributed by atoms with E-state index in [0.29, 0.717) is 42.0 Å². The van der Waals surface area contributed by atoms with Crippen LogP contribution >= 0.6 is 0 Å². The molecule has 1 aliphatic heterocycles. The van der Waals surface area contributed by atoms with Crippen LogP contribution in [0.1, 0.15) is 43.9 Å². The van der Waals surface area contributed by atoms with Crippen molar-refractivity contribution in [1.29, 1.82) is 0 Å². The Morgan fingerprint density at radius 1 is 1.00 bits per heavy atom. The maximum Gasteiger partial charge on any atom is 0.239 e. The fourth-order valence-corrected chi connectivity index (χ4v) is 5.48. The first-order valence-electron chi connectivity index (χ1n) is 13.0. The van der Waals surface area contributed by atoms with E-state index in [2.05, 4.69) is 10.6 Å². The van der Waals surface area contributed by atoms with Crippen molar-refractivity contribution in [3.05, 3.63) is 107 Å². The third-order valence-electron chi connectivity index (χ3n) is 7.22. The number of para-hydroxylation sites is 2. The molecule has 0 spiro atoms. The molecule has 0 saturated heterocycles. The monoisotopic (exact) mass is 533 g/mol. The van der Waals surface area contributed by atoms with E-state index in [1.165, 1.54) is 24.3 Å². The van der Waals surface area contributed by atoms with Crippen molar-refractivity contribution in [2.75, 3.05) is 23.3 Å². The van der Waals surface area contributed by atoms with Crippen LogP contribution in [-0.4, -0.2) is 24.8 Å². The largest absolute Gasteiger partial charge is 0.357 e. The van der Waals surface area contributed by atoms with Gasteiger partial charge in [-0.15, -0.1) is 0 Å². The van der Waals surface area contributed by atoms with Crippen LogP contribution < -0.4 is 15.5 Å². The minimum Gasteiger partial charge on any atom is -0.357 e. The normalized spacial score (nSPS) is 18.1. The van der Waals surface area contributed by atoms with E-state index < -0.39 is 17.7 Å². The van der Waals surface area contributed by atoms with Crippen LogP contribution in [0.3, 0.4) is 0 Å². The Kier molecular flexibility index (Phi) is 7.21. The number of halogens is 3. The van der Waals surface area contributed by atoms with Crippen molar-refractivity contribution in [3.8, 4) is 0 Å². The Balaban J connectivity index is 1.53. The first-order valence-corrected chi connectivity index (χ1v) is 13.0. The van der Waals surface area contributed by atoms with Crippen LogP contribution in [0.5, 0.6) is 0 Å². The summed E-state index contributed by atoms with van der Waals surface area (Å²) in [4.78, 5) is 28.6. The second-order valence-electron chi connectivity index (χ2n) is 10.9. The summed E-state index contributed by atoms with van der Waals surface area (Å²) in [7, 11) is 0. The van der Waals surface area contributed by atoms with Crippen molar-refractivity contribution in [3.63, 3.8) is 0 Å². The van der Waals surface area contributed by atoms with Gasteiger partial charge in [0.15, 0.2) is 5.78 Å². The molecule has 0 radical (unpaired) electrons. The number of Topliss-reactive ketones (excluding diaryl/α,β-unsaturated/α-hetero) is 1. The lowest BCUT2D eigenvalue weighted by Gasteiger charge is -2.38. The van der Waals surface area contributed by atoms with Gasteiger partial charge < -0.3 is 15.5 Å². The number of hydrogen-bond donors (Lipinski definition) is 2. The molecule has 0 bridgehead atoms. The number of fused-ring (bicyclic) bond motifs is 1. The molecule has 1 heterocycles. The van der Waals surface area contributed by atoms with E-state index in [1.54, 1.807) is 17.0 Å². The summed E-state index contributed by atoms with van der Waals surface area (Å²) in [6, 6.07) is 15.8. The minimum absolute atomic E-state index is 0.120. The maximum absolute atomic E-state index is 15.4. The zero-order valence-corrected chi connectivity index (χ0v) is 21.9. The number of rotatable bonds is 6. The summed E-state index contributed by atoms with van der Waals surface area (Å²) in [5.41, 5.74) is 3.06. The van der Waals surface area contributed by atoms with Crippen LogP contribution in [0.15, 0.2) is 78.0 Å². The molecule has 1 unspecified atom stereocenters. The molecular weight excluding hydrogens is 503 g/mol. The van der Waals surface area contributed by atoms with E-state index in [-0.39, 0.29) is 41.5 Å². The van der Waals surface area contributed by atoms with Crippen molar-refractivity contribution in [1.82, 2.24) is 5.32 Å². The zero-order chi connectivity index (χ0) is 27.7. The topological polar surface area (TPSA) is 61.4 Å². The second kappa shape index (κ2) is 10.6. The van der Waals surface area contributed by atoms with Gasteiger partial charge in [0.1, 0.15) is 17.5 Å². The Morgan fingerprint density at radius 2 is 1.72 bits per heavy atom. The quantitative estimate of drug-likeness (QED) is 0.403. The number of carbonyl (C=O) groups excluding carboxylic acids is 2. The molecule has 3 aromatic carbocycles. The van der Waals surface area contributed by atoms with Gasteiger partial charge >= 0.3 is 0 Å². The molecule has 2 N–H and O–H groups in total. The number of carbonyl (C=O) groups is 2. The molecule has 5 nitrogen and oxygen atoms in total. The molecule has 202 valence electrons. The summed E-state index contributed by atoms with van der Waals surface area (Å²) in [6.07, 6.45) is 1.32. The summed E-state index contributed by atoms with van der Waals surface area (Å²) in [5.74, 6) is -2.31. The first kappa shape index (κ1) is 26.5. The molecule has 2 aliphatic rings. The molecule has 39 heavy (non-hydrogen) atoms. The highest BCUT2D eigenvalue weighted by Gasteiger charge is 2.42. The third-order valence-corrected chi connectivity index (χ3v) is 7.22. The van der Waals surface area contributed by atoms with Crippen molar-refractivity contribution in [2.24, 2.45) is 5.41 Å². The van der Waals surface area contributed by atoms with Crippen molar-refractivity contribution < 1.29 is 22.8 Å². The molecule has 1 aliphatic carbocycles. The Hall–Kier alpha value is -4.07. The molecule has 5 rings (SSSR count). The van der Waals surface area contributed by atoms with E-state index >= 15 is 4.39 Å². The fraction of sp³-hybridized carbons (Fsp3) is 0.290. The van der Waals surface area contributed by atoms with Crippen molar-refractivity contribution in [2.45, 2.75) is 39.2 Å². The highest BCUT2D eigenvalue weighted by molar-refractivity contribution is 6.01. The summed E-state index contributed by atoms with van der Waals surface area (Å²) in [6.45, 7) is 4.16. The Bertz CT molecular complexity index is 1450. The second-order valence-corrected chi connectivity index (χ2v) is 10.9. The number of nitrogens with one attached hydrogen (secondary N) is 2. The van der Waals surface area contributed by atoms with Crippen molar-refractivity contribution >= 4 is 23.1 Å². The predicted molar refractivity (Wildman–Crippen MR) is 145 cm³/mol. The minimum atomic E-state index is -0.941. The highest BCUT2D eigenvalue weighted by atomic mass is 19.1. The Labute approximate surface area is 225 Å². The molecule has 1 amide bonds. The number of anilines is 2. The van der Waals surface area contributed by atoms with Crippen LogP contribution in [0, 0.1) is 22.9 Å². The number of nitrogens with zero attached hydrogens (tertiary/aromatic N) is 1. The van der Waals surface area contributed by atoms with Crippen LogP contribution in [0.4, 0.5) is 24.5 Å². The Morgan fingerprint density at radius 3 is 2.46 bits per heavy atom. The molecule has 3 aromatic rings. The van der Waals surface area contributed by atoms with E-state index in [9.17, 15) is 18.4 Å². The summed E-state index contributed by atoms with van der Waals surface area (Å²) in [5, 5.41) is 6.30. The fourth-order valence-electron chi connectivity index (χ4n) is 5.48. The van der Waals surface area contributed by atoms with Gasteiger partial charge in [-0.25, -0.2) is 13.2 Å². The highest BCUT2D eigenvalue weighted by Crippen LogP contribution is 2.48. The van der Waals surface area contributed by atoms with Gasteiger partial charge in [-0.1, -0.05) is 44.2 Å². The van der Waals surface area contributed by atoms with Crippen LogP contribution in [0.2, 0.25) is 0 Å². The van der Waals surface area contributed by atoms with Gasteiger partial charge in [0, 0.05) is 35.9 Å². The van der Waals surface area contributed by atoms with E-state index in [4.69, 9.17) is 0 Å².